The van der Waals surface area contributed by atoms with E-state index < -0.39 is 24.1 Å². The third kappa shape index (κ3) is 1.93. The Morgan fingerprint density at radius 1 is 1.08 bits per heavy atom. The topological polar surface area (TPSA) is 93.1 Å². The van der Waals surface area contributed by atoms with Gasteiger partial charge in [-0.1, -0.05) is 0 Å². The molecule has 0 aromatic carbocycles. The summed E-state index contributed by atoms with van der Waals surface area (Å²) < 4.78 is 9.42. The highest BCUT2D eigenvalue weighted by Crippen LogP contribution is 2.07. The summed E-state index contributed by atoms with van der Waals surface area (Å²) in [4.78, 5) is 20.6. The summed E-state index contributed by atoms with van der Waals surface area (Å²) in [7, 11) is 0. The molecule has 0 amide bonds. The molecule has 2 unspecified atom stereocenters. The number of carboxylic acids is 2. The van der Waals surface area contributed by atoms with E-state index in [0.717, 1.165) is 0 Å². The fourth-order valence-electron chi connectivity index (χ4n) is 0.818. The molecular formula is C6H8O6. The van der Waals surface area contributed by atoms with Gasteiger partial charge in [0.25, 0.3) is 0 Å². The second kappa shape index (κ2) is 3.51. The third-order valence-electron chi connectivity index (χ3n) is 1.42. The van der Waals surface area contributed by atoms with Crippen LogP contribution in [-0.4, -0.2) is 47.6 Å². The van der Waals surface area contributed by atoms with E-state index in [4.69, 9.17) is 14.9 Å². The molecule has 0 aromatic rings. The maximum absolute atomic E-state index is 10.3. The number of carboxylic acid groups (broad SMARTS) is 2. The average Bonchev–Trinajstić information content (AvgIpc) is 2.04. The molecule has 2 atom stereocenters. The van der Waals surface area contributed by atoms with Crippen LogP contribution in [-0.2, 0) is 19.1 Å². The molecule has 2 N–H and O–H groups in total. The van der Waals surface area contributed by atoms with Gasteiger partial charge in [0, 0.05) is 0 Å². The molecule has 1 saturated heterocycles. The van der Waals surface area contributed by atoms with E-state index in [1.165, 1.54) is 0 Å². The van der Waals surface area contributed by atoms with Gasteiger partial charge >= 0.3 is 11.9 Å². The van der Waals surface area contributed by atoms with Crippen LogP contribution in [0.2, 0.25) is 0 Å². The van der Waals surface area contributed by atoms with Crippen LogP contribution in [0, 0.1) is 0 Å². The Kier molecular flexibility index (Phi) is 2.61. The summed E-state index contributed by atoms with van der Waals surface area (Å²) in [6.07, 6.45) is -2.33. The van der Waals surface area contributed by atoms with Crippen molar-refractivity contribution in [3.63, 3.8) is 0 Å². The van der Waals surface area contributed by atoms with Crippen molar-refractivity contribution in [2.24, 2.45) is 0 Å². The first-order chi connectivity index (χ1) is 5.61. The van der Waals surface area contributed by atoms with Crippen LogP contribution >= 0.6 is 0 Å². The van der Waals surface area contributed by atoms with Gasteiger partial charge in [0.15, 0.2) is 12.2 Å². The Morgan fingerprint density at radius 2 is 1.50 bits per heavy atom. The fraction of sp³-hybridized carbons (Fsp3) is 0.667. The summed E-state index contributed by atoms with van der Waals surface area (Å²) in [5.41, 5.74) is 0. The molecule has 1 fully saturated rings. The van der Waals surface area contributed by atoms with E-state index in [-0.39, 0.29) is 13.2 Å². The van der Waals surface area contributed by atoms with E-state index >= 15 is 0 Å². The first-order valence-corrected chi connectivity index (χ1v) is 3.30. The van der Waals surface area contributed by atoms with E-state index in [0.29, 0.717) is 0 Å². The zero-order valence-corrected chi connectivity index (χ0v) is 6.10. The largest absolute Gasteiger partial charge is 0.479 e. The first-order valence-electron chi connectivity index (χ1n) is 3.30. The second-order valence-corrected chi connectivity index (χ2v) is 2.33. The summed E-state index contributed by atoms with van der Waals surface area (Å²) in [5, 5.41) is 16.9. The molecule has 0 bridgehead atoms. The molecule has 1 aliphatic heterocycles. The van der Waals surface area contributed by atoms with Crippen LogP contribution in [0.5, 0.6) is 0 Å². The lowest BCUT2D eigenvalue weighted by Gasteiger charge is -2.24. The Labute approximate surface area is 67.7 Å². The zero-order valence-electron chi connectivity index (χ0n) is 6.10. The Balaban J connectivity index is 2.51. The van der Waals surface area contributed by atoms with Crippen LogP contribution in [0.4, 0.5) is 0 Å². The molecule has 0 spiro atoms. The predicted molar refractivity (Wildman–Crippen MR) is 34.8 cm³/mol. The molecule has 12 heavy (non-hydrogen) atoms. The number of carbonyl (C=O) groups is 2. The van der Waals surface area contributed by atoms with Crippen molar-refractivity contribution < 1.29 is 29.3 Å². The normalized spacial score (nSPS) is 29.7. The summed E-state index contributed by atoms with van der Waals surface area (Å²) in [6.45, 7) is -0.196. The SMILES string of the molecule is O=C(O)C1COCC(C(=O)O)O1. The van der Waals surface area contributed by atoms with E-state index in [2.05, 4.69) is 4.74 Å². The number of hydrogen-bond acceptors (Lipinski definition) is 4. The van der Waals surface area contributed by atoms with Crippen molar-refractivity contribution in [3.8, 4) is 0 Å². The average molecular weight is 176 g/mol. The number of aliphatic carboxylic acids is 2. The van der Waals surface area contributed by atoms with Gasteiger partial charge in [-0.05, 0) is 0 Å². The molecule has 1 rings (SSSR count). The van der Waals surface area contributed by atoms with Crippen LogP contribution in [0.15, 0.2) is 0 Å². The molecule has 0 aromatic heterocycles. The first kappa shape index (κ1) is 8.95. The van der Waals surface area contributed by atoms with Gasteiger partial charge in [-0.25, -0.2) is 9.59 Å². The molecule has 1 aliphatic rings. The summed E-state index contributed by atoms with van der Waals surface area (Å²) >= 11 is 0. The molecule has 6 nitrogen and oxygen atoms in total. The van der Waals surface area contributed by atoms with Crippen molar-refractivity contribution in [3.05, 3.63) is 0 Å². The van der Waals surface area contributed by atoms with Crippen molar-refractivity contribution in [2.75, 3.05) is 13.2 Å². The van der Waals surface area contributed by atoms with Crippen LogP contribution < -0.4 is 0 Å². The molecule has 0 radical (unpaired) electrons. The fourth-order valence-corrected chi connectivity index (χ4v) is 0.818. The van der Waals surface area contributed by atoms with E-state index in [9.17, 15) is 9.59 Å². The minimum Gasteiger partial charge on any atom is -0.479 e. The Hall–Kier alpha value is -1.14. The van der Waals surface area contributed by atoms with Crippen molar-refractivity contribution in [1.82, 2.24) is 0 Å². The number of hydrogen-bond donors (Lipinski definition) is 2. The molecule has 6 heteroatoms. The predicted octanol–water partition coefficient (Wildman–Crippen LogP) is -1.06. The van der Waals surface area contributed by atoms with Gasteiger partial charge in [0.05, 0.1) is 13.2 Å². The van der Waals surface area contributed by atoms with Crippen molar-refractivity contribution in [2.45, 2.75) is 12.2 Å². The van der Waals surface area contributed by atoms with Crippen LogP contribution in [0.25, 0.3) is 0 Å². The lowest BCUT2D eigenvalue weighted by molar-refractivity contribution is -0.190. The van der Waals surface area contributed by atoms with Gasteiger partial charge in [-0.15, -0.1) is 0 Å². The van der Waals surface area contributed by atoms with Gasteiger partial charge in [-0.3, -0.25) is 0 Å². The minimum atomic E-state index is -1.21. The monoisotopic (exact) mass is 176 g/mol. The zero-order chi connectivity index (χ0) is 9.14. The highest BCUT2D eigenvalue weighted by molar-refractivity contribution is 5.76. The van der Waals surface area contributed by atoms with Crippen molar-refractivity contribution in [1.29, 1.82) is 0 Å². The molecule has 68 valence electrons. The molecule has 1 heterocycles. The van der Waals surface area contributed by atoms with Gasteiger partial charge in [-0.2, -0.15) is 0 Å². The number of rotatable bonds is 2. The maximum atomic E-state index is 10.3. The van der Waals surface area contributed by atoms with Gasteiger partial charge in [0.2, 0.25) is 0 Å². The second-order valence-electron chi connectivity index (χ2n) is 2.33. The standard InChI is InChI=1S/C6H8O6/c7-5(8)3-1-11-2-4(12-3)6(9)10/h3-4H,1-2H2,(H,7,8)(H,9,10). The van der Waals surface area contributed by atoms with Gasteiger partial charge in [0.1, 0.15) is 0 Å². The third-order valence-corrected chi connectivity index (χ3v) is 1.42. The lowest BCUT2D eigenvalue weighted by atomic mass is 10.3. The molecule has 0 aliphatic carbocycles. The highest BCUT2D eigenvalue weighted by atomic mass is 16.6. The Bertz CT molecular complexity index is 180. The quantitative estimate of drug-likeness (QED) is 0.557. The smallest absolute Gasteiger partial charge is 0.335 e. The lowest BCUT2D eigenvalue weighted by Crippen LogP contribution is -2.44. The summed E-state index contributed by atoms with van der Waals surface area (Å²) in [5.74, 6) is -2.41. The van der Waals surface area contributed by atoms with Crippen molar-refractivity contribution >= 4 is 11.9 Å². The number of ether oxygens (including phenoxy) is 2. The van der Waals surface area contributed by atoms with Gasteiger partial charge < -0.3 is 19.7 Å². The molecule has 0 saturated carbocycles. The van der Waals surface area contributed by atoms with Crippen LogP contribution in [0.1, 0.15) is 0 Å². The van der Waals surface area contributed by atoms with E-state index in [1.54, 1.807) is 0 Å². The summed E-state index contributed by atoms with van der Waals surface area (Å²) in [6, 6.07) is 0. The maximum Gasteiger partial charge on any atom is 0.335 e. The Morgan fingerprint density at radius 3 is 1.83 bits per heavy atom. The highest BCUT2D eigenvalue weighted by Gasteiger charge is 2.32. The van der Waals surface area contributed by atoms with E-state index in [1.807, 2.05) is 0 Å². The molecular weight excluding hydrogens is 168 g/mol. The van der Waals surface area contributed by atoms with Crippen LogP contribution in [0.3, 0.4) is 0 Å². The minimum absolute atomic E-state index is 0.0981.